The van der Waals surface area contributed by atoms with Crippen molar-refractivity contribution in [3.05, 3.63) is 35.9 Å². The van der Waals surface area contributed by atoms with E-state index in [9.17, 15) is 14.7 Å². The van der Waals surface area contributed by atoms with Crippen LogP contribution in [0.3, 0.4) is 0 Å². The number of benzene rings is 1. The number of rotatable bonds is 3. The second kappa shape index (κ2) is 5.63. The zero-order valence-electron chi connectivity index (χ0n) is 11.5. The maximum atomic E-state index is 12.4. The fourth-order valence-electron chi connectivity index (χ4n) is 2.47. The molecule has 1 amide bonds. The van der Waals surface area contributed by atoms with Crippen molar-refractivity contribution in [1.82, 2.24) is 4.90 Å². The number of carbonyl (C=O) groups excluding carboxylic acids is 1. The van der Waals surface area contributed by atoms with Crippen LogP contribution >= 0.6 is 0 Å². The average Bonchev–Trinajstić information content (AvgIpc) is 2.47. The Hall–Kier alpha value is -1.88. The molecule has 108 valence electrons. The van der Waals surface area contributed by atoms with E-state index < -0.39 is 11.6 Å². The molecule has 0 spiro atoms. The molecular weight excluding hydrogens is 258 g/mol. The summed E-state index contributed by atoms with van der Waals surface area (Å²) in [5.74, 6) is -1.49. The van der Waals surface area contributed by atoms with Crippen molar-refractivity contribution >= 4 is 11.9 Å². The smallest absolute Gasteiger partial charge is 0.335 e. The predicted molar refractivity (Wildman–Crippen MR) is 73.3 cm³/mol. The van der Waals surface area contributed by atoms with Crippen molar-refractivity contribution in [3.63, 3.8) is 0 Å². The first kappa shape index (κ1) is 14.5. The molecule has 1 fully saturated rings. The van der Waals surface area contributed by atoms with E-state index >= 15 is 0 Å². The Labute approximate surface area is 117 Å². The molecule has 1 atom stereocenters. The quantitative estimate of drug-likeness (QED) is 0.871. The SMILES string of the molecule is C[C@H](C(=O)N1CCC(O)(C(=O)O)CC1)c1ccccc1. The minimum atomic E-state index is -1.69. The van der Waals surface area contributed by atoms with Crippen LogP contribution in [0.25, 0.3) is 0 Å². The van der Waals surface area contributed by atoms with Crippen LogP contribution in [0.2, 0.25) is 0 Å². The zero-order chi connectivity index (χ0) is 14.8. The van der Waals surface area contributed by atoms with E-state index in [4.69, 9.17) is 5.11 Å². The summed E-state index contributed by atoms with van der Waals surface area (Å²) in [5, 5.41) is 18.8. The summed E-state index contributed by atoms with van der Waals surface area (Å²) in [6.45, 7) is 2.40. The largest absolute Gasteiger partial charge is 0.479 e. The molecule has 0 unspecified atom stereocenters. The number of amides is 1. The summed E-state index contributed by atoms with van der Waals surface area (Å²) >= 11 is 0. The molecule has 0 aromatic heterocycles. The number of aliphatic carboxylic acids is 1. The molecule has 1 aromatic rings. The third-order valence-electron chi connectivity index (χ3n) is 3.97. The van der Waals surface area contributed by atoms with Gasteiger partial charge in [0.05, 0.1) is 5.92 Å². The standard InChI is InChI=1S/C15H19NO4/c1-11(12-5-3-2-4-6-12)13(17)16-9-7-15(20,8-10-16)14(18)19/h2-6,11,20H,7-10H2,1H3,(H,18,19)/t11-/m0/s1. The van der Waals surface area contributed by atoms with Crippen LogP contribution in [0, 0.1) is 0 Å². The van der Waals surface area contributed by atoms with Crippen LogP contribution in [0.4, 0.5) is 0 Å². The minimum absolute atomic E-state index is 0.0244. The van der Waals surface area contributed by atoms with Crippen LogP contribution in [0.5, 0.6) is 0 Å². The monoisotopic (exact) mass is 277 g/mol. The van der Waals surface area contributed by atoms with Gasteiger partial charge in [-0.3, -0.25) is 4.79 Å². The molecule has 2 N–H and O–H groups in total. The van der Waals surface area contributed by atoms with Gasteiger partial charge in [0.15, 0.2) is 5.60 Å². The number of hydrogen-bond donors (Lipinski definition) is 2. The first-order chi connectivity index (χ1) is 9.44. The zero-order valence-corrected chi connectivity index (χ0v) is 11.5. The Bertz CT molecular complexity index is 492. The van der Waals surface area contributed by atoms with Gasteiger partial charge in [-0.15, -0.1) is 0 Å². The third-order valence-corrected chi connectivity index (χ3v) is 3.97. The molecule has 1 aliphatic rings. The number of piperidine rings is 1. The number of carbonyl (C=O) groups is 2. The second-order valence-electron chi connectivity index (χ2n) is 5.29. The molecule has 1 aromatic carbocycles. The predicted octanol–water partition coefficient (Wildman–Crippen LogP) is 1.23. The van der Waals surface area contributed by atoms with Crippen molar-refractivity contribution in [2.24, 2.45) is 0 Å². The van der Waals surface area contributed by atoms with Gasteiger partial charge in [0, 0.05) is 25.9 Å². The molecule has 0 aliphatic carbocycles. The van der Waals surface area contributed by atoms with Gasteiger partial charge < -0.3 is 15.1 Å². The van der Waals surface area contributed by atoms with Gasteiger partial charge in [-0.05, 0) is 12.5 Å². The number of carboxylic acids is 1. The maximum Gasteiger partial charge on any atom is 0.335 e. The van der Waals surface area contributed by atoms with Crippen molar-refractivity contribution in [3.8, 4) is 0 Å². The lowest BCUT2D eigenvalue weighted by Crippen LogP contribution is -2.51. The summed E-state index contributed by atoms with van der Waals surface area (Å²) in [6.07, 6.45) is 0.158. The van der Waals surface area contributed by atoms with Gasteiger partial charge in [-0.25, -0.2) is 4.79 Å². The van der Waals surface area contributed by atoms with Crippen LogP contribution in [-0.2, 0) is 9.59 Å². The van der Waals surface area contributed by atoms with Crippen LogP contribution in [0.1, 0.15) is 31.2 Å². The van der Waals surface area contributed by atoms with Gasteiger partial charge in [-0.1, -0.05) is 30.3 Å². The third kappa shape index (κ3) is 2.82. The highest BCUT2D eigenvalue weighted by Gasteiger charge is 2.40. The fraction of sp³-hybridized carbons (Fsp3) is 0.467. The molecule has 0 bridgehead atoms. The summed E-state index contributed by atoms with van der Waals surface area (Å²) in [7, 11) is 0. The molecular formula is C15H19NO4. The van der Waals surface area contributed by atoms with Gasteiger partial charge in [0.1, 0.15) is 0 Å². The normalized spacial score (nSPS) is 19.4. The Morgan fingerprint density at radius 3 is 2.25 bits per heavy atom. The Morgan fingerprint density at radius 2 is 1.75 bits per heavy atom. The van der Waals surface area contributed by atoms with E-state index in [0.29, 0.717) is 0 Å². The van der Waals surface area contributed by atoms with Crippen molar-refractivity contribution in [2.45, 2.75) is 31.3 Å². The highest BCUT2D eigenvalue weighted by molar-refractivity contribution is 5.84. The van der Waals surface area contributed by atoms with E-state index in [0.717, 1.165) is 5.56 Å². The maximum absolute atomic E-state index is 12.4. The molecule has 1 heterocycles. The topological polar surface area (TPSA) is 77.8 Å². The lowest BCUT2D eigenvalue weighted by Gasteiger charge is -2.36. The number of aliphatic hydroxyl groups is 1. The van der Waals surface area contributed by atoms with Gasteiger partial charge in [-0.2, -0.15) is 0 Å². The first-order valence-corrected chi connectivity index (χ1v) is 6.73. The summed E-state index contributed by atoms with van der Waals surface area (Å²) in [6, 6.07) is 9.48. The Kier molecular flexibility index (Phi) is 4.09. The van der Waals surface area contributed by atoms with E-state index in [1.165, 1.54) is 0 Å². The highest BCUT2D eigenvalue weighted by Crippen LogP contribution is 2.25. The number of carboxylic acid groups (broad SMARTS) is 1. The molecule has 5 nitrogen and oxygen atoms in total. The van der Waals surface area contributed by atoms with Crippen molar-refractivity contribution < 1.29 is 19.8 Å². The fourth-order valence-corrected chi connectivity index (χ4v) is 2.47. The summed E-state index contributed by atoms with van der Waals surface area (Å²) < 4.78 is 0. The number of nitrogens with zero attached hydrogens (tertiary/aromatic N) is 1. The average molecular weight is 277 g/mol. The number of hydrogen-bond acceptors (Lipinski definition) is 3. The van der Waals surface area contributed by atoms with Crippen molar-refractivity contribution in [2.75, 3.05) is 13.1 Å². The molecule has 0 saturated carbocycles. The highest BCUT2D eigenvalue weighted by atomic mass is 16.4. The van der Waals surface area contributed by atoms with E-state index in [1.807, 2.05) is 37.3 Å². The van der Waals surface area contributed by atoms with Gasteiger partial charge >= 0.3 is 5.97 Å². The molecule has 0 radical (unpaired) electrons. The van der Waals surface area contributed by atoms with Crippen LogP contribution in [0.15, 0.2) is 30.3 Å². The van der Waals surface area contributed by atoms with Gasteiger partial charge in [0.2, 0.25) is 5.91 Å². The number of likely N-dealkylation sites (tertiary alicyclic amines) is 1. The molecule has 2 rings (SSSR count). The summed E-state index contributed by atoms with van der Waals surface area (Å²) in [4.78, 5) is 25.0. The lowest BCUT2D eigenvalue weighted by molar-refractivity contribution is -0.165. The second-order valence-corrected chi connectivity index (χ2v) is 5.29. The lowest BCUT2D eigenvalue weighted by atomic mass is 9.90. The molecule has 20 heavy (non-hydrogen) atoms. The molecule has 5 heteroatoms. The Morgan fingerprint density at radius 1 is 1.20 bits per heavy atom. The molecule has 1 saturated heterocycles. The Balaban J connectivity index is 2.00. The van der Waals surface area contributed by atoms with Gasteiger partial charge in [0.25, 0.3) is 0 Å². The van der Waals surface area contributed by atoms with Crippen molar-refractivity contribution in [1.29, 1.82) is 0 Å². The minimum Gasteiger partial charge on any atom is -0.479 e. The van der Waals surface area contributed by atoms with E-state index in [1.54, 1.807) is 4.90 Å². The van der Waals surface area contributed by atoms with Crippen LogP contribution < -0.4 is 0 Å². The van der Waals surface area contributed by atoms with E-state index in [2.05, 4.69) is 0 Å². The first-order valence-electron chi connectivity index (χ1n) is 6.73. The van der Waals surface area contributed by atoms with E-state index in [-0.39, 0.29) is 37.8 Å². The van der Waals surface area contributed by atoms with Crippen LogP contribution in [-0.4, -0.2) is 45.7 Å². The summed E-state index contributed by atoms with van der Waals surface area (Å²) in [5.41, 5.74) is -0.746. The molecule has 1 aliphatic heterocycles.